The summed E-state index contributed by atoms with van der Waals surface area (Å²) in [5.74, 6) is -1.98. The van der Waals surface area contributed by atoms with Gasteiger partial charge in [-0.3, -0.25) is 0 Å². The van der Waals surface area contributed by atoms with E-state index in [0.29, 0.717) is 6.92 Å². The van der Waals surface area contributed by atoms with Crippen molar-refractivity contribution in [3.05, 3.63) is 11.8 Å². The zero-order valence-corrected chi connectivity index (χ0v) is 8.41. The maximum atomic E-state index is 12.6. The molecule has 1 nitrogen and oxygen atoms in total. The number of alkyl halides is 6. The fraction of sp³-hybridized carbons (Fsp3) is 0.778. The molecule has 2 N–H and O–H groups in total. The second-order valence-corrected chi connectivity index (χ2v) is 4.17. The van der Waals surface area contributed by atoms with Gasteiger partial charge in [0.05, 0.1) is 5.92 Å². The van der Waals surface area contributed by atoms with Gasteiger partial charge in [-0.25, -0.2) is 0 Å². The van der Waals surface area contributed by atoms with E-state index in [2.05, 4.69) is 0 Å². The predicted octanol–water partition coefficient (Wildman–Crippen LogP) is 3.37. The normalized spacial score (nSPS) is 32.4. The Balaban J connectivity index is 3.05. The number of hydrogen-bond donors (Lipinski definition) is 1. The van der Waals surface area contributed by atoms with Gasteiger partial charge in [0, 0.05) is 5.70 Å². The lowest BCUT2D eigenvalue weighted by Gasteiger charge is -2.39. The van der Waals surface area contributed by atoms with Gasteiger partial charge in [0.15, 0.2) is 0 Å². The molecule has 16 heavy (non-hydrogen) atoms. The highest BCUT2D eigenvalue weighted by atomic mass is 19.4. The van der Waals surface area contributed by atoms with E-state index in [1.165, 1.54) is 0 Å². The number of hydrogen-bond acceptors (Lipinski definition) is 1. The van der Waals surface area contributed by atoms with Crippen LogP contribution in [0, 0.1) is 11.3 Å². The molecule has 0 fully saturated rings. The molecular formula is C9H11F6N. The van der Waals surface area contributed by atoms with Crippen molar-refractivity contribution >= 4 is 0 Å². The van der Waals surface area contributed by atoms with Crippen LogP contribution in [0.2, 0.25) is 0 Å². The molecule has 0 amide bonds. The van der Waals surface area contributed by atoms with Crippen molar-refractivity contribution in [2.24, 2.45) is 17.1 Å². The summed E-state index contributed by atoms with van der Waals surface area (Å²) in [6.45, 7) is 0.705. The topological polar surface area (TPSA) is 26.0 Å². The van der Waals surface area contributed by atoms with Gasteiger partial charge >= 0.3 is 12.4 Å². The van der Waals surface area contributed by atoms with Crippen LogP contribution in [0.25, 0.3) is 0 Å². The van der Waals surface area contributed by atoms with Crippen molar-refractivity contribution < 1.29 is 26.3 Å². The molecule has 2 unspecified atom stereocenters. The molecule has 0 aromatic heterocycles. The second-order valence-electron chi connectivity index (χ2n) is 4.17. The Bertz CT molecular complexity index is 302. The van der Waals surface area contributed by atoms with Crippen LogP contribution in [0.3, 0.4) is 0 Å². The van der Waals surface area contributed by atoms with E-state index in [1.807, 2.05) is 0 Å². The standard InChI is InChI=1S/C9H11F6N/c1-7(9(13,14)15)4-5(8(10,11)12)2-3-6(7)16/h3,5H,2,4,16H2,1H3. The lowest BCUT2D eigenvalue weighted by atomic mass is 9.72. The second kappa shape index (κ2) is 3.56. The van der Waals surface area contributed by atoms with Crippen LogP contribution in [0.15, 0.2) is 11.8 Å². The van der Waals surface area contributed by atoms with E-state index in [-0.39, 0.29) is 0 Å². The summed E-state index contributed by atoms with van der Waals surface area (Å²) in [4.78, 5) is 0. The third-order valence-electron chi connectivity index (χ3n) is 3.00. The van der Waals surface area contributed by atoms with Crippen molar-refractivity contribution in [2.75, 3.05) is 0 Å². The smallest absolute Gasteiger partial charge is 0.399 e. The molecular weight excluding hydrogens is 236 g/mol. The van der Waals surface area contributed by atoms with Crippen LogP contribution in [0.1, 0.15) is 19.8 Å². The number of halogens is 6. The Morgan fingerprint density at radius 3 is 2.12 bits per heavy atom. The molecule has 1 rings (SSSR count). The van der Waals surface area contributed by atoms with Gasteiger partial charge in [-0.15, -0.1) is 0 Å². The van der Waals surface area contributed by atoms with Gasteiger partial charge in [0.1, 0.15) is 5.41 Å². The summed E-state index contributed by atoms with van der Waals surface area (Å²) in [6.07, 6.45) is -10.1. The third-order valence-corrected chi connectivity index (χ3v) is 3.00. The lowest BCUT2D eigenvalue weighted by Crippen LogP contribution is -2.45. The molecule has 0 saturated heterocycles. The Morgan fingerprint density at radius 1 is 1.25 bits per heavy atom. The highest BCUT2D eigenvalue weighted by Gasteiger charge is 2.58. The monoisotopic (exact) mass is 247 g/mol. The molecule has 0 radical (unpaired) electrons. The highest BCUT2D eigenvalue weighted by Crippen LogP contribution is 2.52. The van der Waals surface area contributed by atoms with Crippen molar-refractivity contribution in [2.45, 2.75) is 32.1 Å². The molecule has 0 bridgehead atoms. The average Bonchev–Trinajstić information content (AvgIpc) is 2.06. The van der Waals surface area contributed by atoms with Crippen LogP contribution in [0.5, 0.6) is 0 Å². The maximum Gasteiger partial charge on any atom is 0.399 e. The van der Waals surface area contributed by atoms with E-state index >= 15 is 0 Å². The van der Waals surface area contributed by atoms with Gasteiger partial charge in [-0.05, 0) is 19.8 Å². The van der Waals surface area contributed by atoms with Crippen molar-refractivity contribution in [3.63, 3.8) is 0 Å². The van der Waals surface area contributed by atoms with Crippen molar-refractivity contribution in [1.82, 2.24) is 0 Å². The van der Waals surface area contributed by atoms with Gasteiger partial charge in [0.25, 0.3) is 0 Å². The van der Waals surface area contributed by atoms with E-state index < -0.39 is 42.2 Å². The minimum atomic E-state index is -4.77. The Hall–Kier alpha value is -0.880. The van der Waals surface area contributed by atoms with Crippen LogP contribution in [-0.2, 0) is 0 Å². The number of nitrogens with two attached hydrogens (primary N) is 1. The van der Waals surface area contributed by atoms with Crippen LogP contribution in [0.4, 0.5) is 26.3 Å². The summed E-state index contributed by atoms with van der Waals surface area (Å²) in [5.41, 5.74) is 2.07. The van der Waals surface area contributed by atoms with E-state index in [0.717, 1.165) is 6.08 Å². The lowest BCUT2D eigenvalue weighted by molar-refractivity contribution is -0.235. The van der Waals surface area contributed by atoms with Crippen LogP contribution >= 0.6 is 0 Å². The zero-order chi connectivity index (χ0) is 12.8. The van der Waals surface area contributed by atoms with E-state index in [9.17, 15) is 26.3 Å². The minimum Gasteiger partial charge on any atom is -0.402 e. The summed E-state index contributed by atoms with van der Waals surface area (Å²) >= 11 is 0. The van der Waals surface area contributed by atoms with Gasteiger partial charge in [0.2, 0.25) is 0 Å². The molecule has 0 saturated carbocycles. The fourth-order valence-electron chi connectivity index (χ4n) is 1.72. The molecule has 0 aliphatic heterocycles. The summed E-state index contributed by atoms with van der Waals surface area (Å²) in [5, 5.41) is 0. The average molecular weight is 247 g/mol. The van der Waals surface area contributed by atoms with Crippen molar-refractivity contribution in [1.29, 1.82) is 0 Å². The Labute approximate surface area is 88.3 Å². The first-order chi connectivity index (χ1) is 6.98. The number of allylic oxidation sites excluding steroid dienone is 2. The van der Waals surface area contributed by atoms with E-state index in [1.54, 1.807) is 0 Å². The molecule has 94 valence electrons. The summed E-state index contributed by atoms with van der Waals surface area (Å²) < 4.78 is 75.0. The first kappa shape index (κ1) is 13.2. The van der Waals surface area contributed by atoms with Crippen LogP contribution < -0.4 is 5.73 Å². The zero-order valence-electron chi connectivity index (χ0n) is 8.41. The quantitative estimate of drug-likeness (QED) is 0.652. The molecule has 0 heterocycles. The van der Waals surface area contributed by atoms with Crippen LogP contribution in [-0.4, -0.2) is 12.4 Å². The number of rotatable bonds is 0. The van der Waals surface area contributed by atoms with Gasteiger partial charge in [-0.1, -0.05) is 6.08 Å². The Kier molecular flexibility index (Phi) is 2.94. The minimum absolute atomic E-state index is 0.485. The first-order valence-corrected chi connectivity index (χ1v) is 4.58. The molecule has 2 atom stereocenters. The fourth-order valence-corrected chi connectivity index (χ4v) is 1.72. The third kappa shape index (κ3) is 2.12. The molecule has 0 spiro atoms. The molecule has 7 heteroatoms. The highest BCUT2D eigenvalue weighted by molar-refractivity contribution is 5.17. The first-order valence-electron chi connectivity index (χ1n) is 4.58. The van der Waals surface area contributed by atoms with Gasteiger partial charge < -0.3 is 5.73 Å². The molecule has 1 aliphatic carbocycles. The SMILES string of the molecule is CC1(C(F)(F)F)CC(C(F)(F)F)CC=C1N. The maximum absolute atomic E-state index is 12.6. The molecule has 1 aliphatic rings. The molecule has 0 aromatic carbocycles. The summed E-state index contributed by atoms with van der Waals surface area (Å²) in [6, 6.07) is 0. The largest absolute Gasteiger partial charge is 0.402 e. The summed E-state index contributed by atoms with van der Waals surface area (Å²) in [7, 11) is 0. The van der Waals surface area contributed by atoms with Crippen molar-refractivity contribution in [3.8, 4) is 0 Å². The molecule has 0 aromatic rings. The van der Waals surface area contributed by atoms with E-state index in [4.69, 9.17) is 5.73 Å². The Morgan fingerprint density at radius 2 is 1.75 bits per heavy atom. The van der Waals surface area contributed by atoms with Gasteiger partial charge in [-0.2, -0.15) is 26.3 Å². The predicted molar refractivity (Wildman–Crippen MR) is 45.2 cm³/mol.